The molecule has 0 saturated carbocycles. The number of carboxylic acid groups (broad SMARTS) is 1. The molecule has 1 aromatic rings. The highest BCUT2D eigenvalue weighted by atomic mass is 16.5. The van der Waals surface area contributed by atoms with E-state index in [9.17, 15) is 9.59 Å². The van der Waals surface area contributed by atoms with Crippen LogP contribution >= 0.6 is 0 Å². The van der Waals surface area contributed by atoms with Gasteiger partial charge in [0, 0.05) is 12.7 Å². The Bertz CT molecular complexity index is 430. The van der Waals surface area contributed by atoms with E-state index in [4.69, 9.17) is 9.84 Å². The number of hydrogen-bond acceptors (Lipinski definition) is 4. The molecule has 18 heavy (non-hydrogen) atoms. The third-order valence-corrected chi connectivity index (χ3v) is 2.57. The number of likely N-dealkylation sites (N-methyl/N-ethyl adjacent to an activating group) is 2. The first-order valence-corrected chi connectivity index (χ1v) is 5.33. The Morgan fingerprint density at radius 2 is 1.89 bits per heavy atom. The highest BCUT2D eigenvalue weighted by Crippen LogP contribution is 2.18. The predicted octanol–water partition coefficient (Wildman–Crippen LogP) is 0.331. The monoisotopic (exact) mass is 252 g/mol. The van der Waals surface area contributed by atoms with Crippen LogP contribution in [-0.2, 0) is 9.59 Å². The molecule has 6 nitrogen and oxygen atoms in total. The molecule has 1 rings (SSSR count). The van der Waals surface area contributed by atoms with E-state index in [1.54, 1.807) is 31.4 Å². The van der Waals surface area contributed by atoms with E-state index in [0.29, 0.717) is 11.4 Å². The molecule has 0 aliphatic carbocycles. The Morgan fingerprint density at radius 1 is 1.33 bits per heavy atom. The quantitative estimate of drug-likeness (QED) is 0.738. The van der Waals surface area contributed by atoms with Crippen LogP contribution in [0.3, 0.4) is 0 Å². The Morgan fingerprint density at radius 3 is 2.28 bits per heavy atom. The largest absolute Gasteiger partial charge is 0.497 e. The van der Waals surface area contributed by atoms with Gasteiger partial charge in [0.2, 0.25) is 0 Å². The van der Waals surface area contributed by atoms with E-state index in [2.05, 4.69) is 5.32 Å². The van der Waals surface area contributed by atoms with Crippen LogP contribution in [0.2, 0.25) is 0 Å². The van der Waals surface area contributed by atoms with Gasteiger partial charge in [-0.2, -0.15) is 0 Å². The fourth-order valence-corrected chi connectivity index (χ4v) is 1.48. The van der Waals surface area contributed by atoms with Crippen molar-refractivity contribution < 1.29 is 19.4 Å². The highest BCUT2D eigenvalue weighted by Gasteiger charge is 2.27. The SMILES string of the molecule is CNC(C(=O)O)C(=O)N(C)c1ccc(OC)cc1. The number of nitrogens with zero attached hydrogens (tertiary/aromatic N) is 1. The summed E-state index contributed by atoms with van der Waals surface area (Å²) < 4.78 is 5.01. The van der Waals surface area contributed by atoms with Crippen molar-refractivity contribution in [3.63, 3.8) is 0 Å². The third-order valence-electron chi connectivity index (χ3n) is 2.57. The summed E-state index contributed by atoms with van der Waals surface area (Å²) in [6.07, 6.45) is 0. The molecule has 0 bridgehead atoms. The molecule has 98 valence electrons. The molecule has 0 aromatic heterocycles. The molecule has 1 unspecified atom stereocenters. The van der Waals surface area contributed by atoms with Gasteiger partial charge in [-0.1, -0.05) is 0 Å². The van der Waals surface area contributed by atoms with Crippen molar-refractivity contribution in [3.05, 3.63) is 24.3 Å². The van der Waals surface area contributed by atoms with Crippen LogP contribution in [-0.4, -0.2) is 44.2 Å². The molecule has 6 heteroatoms. The van der Waals surface area contributed by atoms with E-state index in [-0.39, 0.29) is 0 Å². The number of carboxylic acids is 1. The second-order valence-electron chi connectivity index (χ2n) is 3.66. The number of amides is 1. The minimum atomic E-state index is -1.25. The van der Waals surface area contributed by atoms with Gasteiger partial charge in [-0.25, -0.2) is 4.79 Å². The van der Waals surface area contributed by atoms with Crippen LogP contribution in [0.1, 0.15) is 0 Å². The van der Waals surface area contributed by atoms with Crippen LogP contribution in [0.4, 0.5) is 5.69 Å². The molecule has 0 heterocycles. The third kappa shape index (κ3) is 2.98. The maximum absolute atomic E-state index is 11.9. The van der Waals surface area contributed by atoms with Crippen molar-refractivity contribution in [2.24, 2.45) is 0 Å². The minimum Gasteiger partial charge on any atom is -0.497 e. The van der Waals surface area contributed by atoms with Crippen molar-refractivity contribution in [3.8, 4) is 5.75 Å². The van der Waals surface area contributed by atoms with Gasteiger partial charge < -0.3 is 14.7 Å². The lowest BCUT2D eigenvalue weighted by atomic mass is 10.2. The highest BCUT2D eigenvalue weighted by molar-refractivity contribution is 6.08. The molecule has 0 aliphatic heterocycles. The Labute approximate surface area is 105 Å². The number of carbonyl (C=O) groups excluding carboxylic acids is 1. The maximum atomic E-state index is 11.9. The normalized spacial score (nSPS) is 11.7. The lowest BCUT2D eigenvalue weighted by molar-refractivity contribution is -0.143. The molecule has 1 atom stereocenters. The number of nitrogens with one attached hydrogen (secondary N) is 1. The number of hydrogen-bond donors (Lipinski definition) is 2. The van der Waals surface area contributed by atoms with E-state index in [1.807, 2.05) is 0 Å². The molecule has 2 N–H and O–H groups in total. The van der Waals surface area contributed by atoms with Crippen LogP contribution in [0.5, 0.6) is 5.75 Å². The Balaban J connectivity index is 2.88. The predicted molar refractivity (Wildman–Crippen MR) is 66.9 cm³/mol. The number of methoxy groups -OCH3 is 1. The van der Waals surface area contributed by atoms with E-state index >= 15 is 0 Å². The first kappa shape index (κ1) is 14.0. The van der Waals surface area contributed by atoms with Gasteiger partial charge in [-0.15, -0.1) is 0 Å². The molecule has 1 amide bonds. The standard InChI is InChI=1S/C12H16N2O4/c1-13-10(12(16)17)11(15)14(2)8-4-6-9(18-3)7-5-8/h4-7,10,13H,1-3H3,(H,16,17). The summed E-state index contributed by atoms with van der Waals surface area (Å²) in [5.41, 5.74) is 0.599. The van der Waals surface area contributed by atoms with E-state index in [1.165, 1.54) is 19.0 Å². The minimum absolute atomic E-state index is 0.532. The zero-order chi connectivity index (χ0) is 13.7. The number of ether oxygens (including phenoxy) is 1. The summed E-state index contributed by atoms with van der Waals surface area (Å²) >= 11 is 0. The number of anilines is 1. The zero-order valence-corrected chi connectivity index (χ0v) is 10.5. The van der Waals surface area contributed by atoms with Gasteiger partial charge in [0.15, 0.2) is 6.04 Å². The average Bonchev–Trinajstić information content (AvgIpc) is 2.38. The topological polar surface area (TPSA) is 78.9 Å². The summed E-state index contributed by atoms with van der Waals surface area (Å²) in [5.74, 6) is -1.07. The van der Waals surface area contributed by atoms with Crippen LogP contribution in [0.15, 0.2) is 24.3 Å². The van der Waals surface area contributed by atoms with Gasteiger partial charge in [0.05, 0.1) is 7.11 Å². The van der Waals surface area contributed by atoms with Gasteiger partial charge in [-0.05, 0) is 31.3 Å². The lowest BCUT2D eigenvalue weighted by Gasteiger charge is -2.21. The summed E-state index contributed by atoms with van der Waals surface area (Å²) in [5, 5.41) is 11.4. The number of benzene rings is 1. The second-order valence-corrected chi connectivity index (χ2v) is 3.66. The zero-order valence-electron chi connectivity index (χ0n) is 10.5. The van der Waals surface area contributed by atoms with Crippen LogP contribution in [0, 0.1) is 0 Å². The Hall–Kier alpha value is -2.08. The Kier molecular flexibility index (Phi) is 4.67. The first-order chi connectivity index (χ1) is 8.51. The number of aliphatic carboxylic acids is 1. The summed E-state index contributed by atoms with van der Waals surface area (Å²) in [4.78, 5) is 24.1. The second kappa shape index (κ2) is 6.02. The maximum Gasteiger partial charge on any atom is 0.330 e. The van der Waals surface area contributed by atoms with Gasteiger partial charge in [0.25, 0.3) is 5.91 Å². The molecule has 1 aromatic carbocycles. The molecule has 0 radical (unpaired) electrons. The number of carbonyl (C=O) groups is 2. The summed E-state index contributed by atoms with van der Waals surface area (Å²) in [6, 6.07) is 5.52. The summed E-state index contributed by atoms with van der Waals surface area (Å²) in [6.45, 7) is 0. The smallest absolute Gasteiger partial charge is 0.330 e. The molecular formula is C12H16N2O4. The average molecular weight is 252 g/mol. The fourth-order valence-electron chi connectivity index (χ4n) is 1.48. The van der Waals surface area contributed by atoms with Crippen molar-refractivity contribution in [1.29, 1.82) is 0 Å². The van der Waals surface area contributed by atoms with Crippen molar-refractivity contribution in [2.45, 2.75) is 6.04 Å². The first-order valence-electron chi connectivity index (χ1n) is 5.33. The van der Waals surface area contributed by atoms with Crippen LogP contribution < -0.4 is 15.0 Å². The van der Waals surface area contributed by atoms with Gasteiger partial charge >= 0.3 is 5.97 Å². The number of rotatable bonds is 5. The molecule has 0 saturated heterocycles. The summed E-state index contributed by atoms with van der Waals surface area (Å²) in [7, 11) is 4.50. The lowest BCUT2D eigenvalue weighted by Crippen LogP contribution is -2.48. The van der Waals surface area contributed by atoms with Gasteiger partial charge in [-0.3, -0.25) is 10.1 Å². The van der Waals surface area contributed by atoms with Crippen molar-refractivity contribution in [1.82, 2.24) is 5.32 Å². The molecule has 0 aliphatic rings. The van der Waals surface area contributed by atoms with E-state index in [0.717, 1.165) is 0 Å². The molecule has 0 spiro atoms. The fraction of sp³-hybridized carbons (Fsp3) is 0.333. The van der Waals surface area contributed by atoms with Crippen molar-refractivity contribution in [2.75, 3.05) is 26.1 Å². The van der Waals surface area contributed by atoms with Gasteiger partial charge in [0.1, 0.15) is 5.75 Å². The van der Waals surface area contributed by atoms with E-state index < -0.39 is 17.9 Å². The molecule has 0 fully saturated rings. The van der Waals surface area contributed by atoms with Crippen LogP contribution in [0.25, 0.3) is 0 Å². The molecular weight excluding hydrogens is 236 g/mol. The van der Waals surface area contributed by atoms with Crippen molar-refractivity contribution >= 4 is 17.6 Å².